The normalized spacial score (nSPS) is 12.8. The molecule has 0 bridgehead atoms. The van der Waals surface area contributed by atoms with Gasteiger partial charge in [-0.3, -0.25) is 4.79 Å². The zero-order chi connectivity index (χ0) is 20.3. The Labute approximate surface area is 158 Å². The molecule has 1 heterocycles. The van der Waals surface area contributed by atoms with Gasteiger partial charge in [0, 0.05) is 11.9 Å². The number of benzene rings is 2. The van der Waals surface area contributed by atoms with E-state index in [2.05, 4.69) is 5.32 Å². The van der Waals surface area contributed by atoms with Gasteiger partial charge in [0.25, 0.3) is 5.91 Å². The molecule has 3 rings (SSSR count). The predicted molar refractivity (Wildman–Crippen MR) is 96.2 cm³/mol. The van der Waals surface area contributed by atoms with E-state index in [1.165, 1.54) is 12.1 Å². The van der Waals surface area contributed by atoms with Crippen molar-refractivity contribution in [2.24, 2.45) is 0 Å². The molecule has 2 N–H and O–H groups in total. The van der Waals surface area contributed by atoms with Crippen LogP contribution in [-0.4, -0.2) is 30.3 Å². The number of nitrogens with one attached hydrogen (secondary N) is 1. The summed E-state index contributed by atoms with van der Waals surface area (Å²) in [5.74, 6) is -0.425. The second kappa shape index (κ2) is 7.93. The lowest BCUT2D eigenvalue weighted by atomic mass is 10.2. The Balaban J connectivity index is 1.52. The van der Waals surface area contributed by atoms with Gasteiger partial charge in [-0.1, -0.05) is 17.7 Å². The molecule has 1 amide bonds. The van der Waals surface area contributed by atoms with E-state index in [9.17, 15) is 23.1 Å². The highest BCUT2D eigenvalue weighted by atomic mass is 19.4. The van der Waals surface area contributed by atoms with Gasteiger partial charge < -0.3 is 19.6 Å². The topological polar surface area (TPSA) is 71.7 Å². The van der Waals surface area contributed by atoms with E-state index >= 15 is 0 Å². The monoisotopic (exact) mass is 393 g/mol. The van der Waals surface area contributed by atoms with Gasteiger partial charge in [-0.25, -0.2) is 0 Å². The molecule has 0 fully saturated rings. The van der Waals surface area contributed by atoms with Crippen LogP contribution < -0.4 is 10.1 Å². The number of aliphatic hydroxyl groups excluding tert-OH is 1. The van der Waals surface area contributed by atoms with Crippen LogP contribution in [0.2, 0.25) is 0 Å². The second-order valence-corrected chi connectivity index (χ2v) is 6.35. The number of alkyl halides is 3. The van der Waals surface area contributed by atoms with Crippen LogP contribution >= 0.6 is 0 Å². The number of hydrogen-bond donors (Lipinski definition) is 2. The van der Waals surface area contributed by atoms with Gasteiger partial charge in [0.05, 0.1) is 5.56 Å². The molecular weight excluding hydrogens is 375 g/mol. The van der Waals surface area contributed by atoms with Crippen LogP contribution in [0, 0.1) is 6.92 Å². The fourth-order valence-electron chi connectivity index (χ4n) is 2.59. The Kier molecular flexibility index (Phi) is 5.60. The third-order valence-electron chi connectivity index (χ3n) is 4.00. The molecule has 5 nitrogen and oxygen atoms in total. The van der Waals surface area contributed by atoms with Crippen LogP contribution in [0.1, 0.15) is 21.7 Å². The number of halogens is 3. The highest BCUT2D eigenvalue weighted by Gasteiger charge is 2.30. The molecule has 0 radical (unpaired) electrons. The third-order valence-corrected chi connectivity index (χ3v) is 4.00. The lowest BCUT2D eigenvalue weighted by Gasteiger charge is -2.14. The first-order valence-corrected chi connectivity index (χ1v) is 8.49. The summed E-state index contributed by atoms with van der Waals surface area (Å²) in [4.78, 5) is 12.2. The Morgan fingerprint density at radius 1 is 1.21 bits per heavy atom. The zero-order valence-corrected chi connectivity index (χ0v) is 14.9. The van der Waals surface area contributed by atoms with E-state index in [0.717, 1.165) is 23.1 Å². The minimum Gasteiger partial charge on any atom is -0.491 e. The number of amides is 1. The number of hydrogen-bond acceptors (Lipinski definition) is 4. The molecule has 148 valence electrons. The maximum absolute atomic E-state index is 12.7. The lowest BCUT2D eigenvalue weighted by molar-refractivity contribution is -0.137. The molecule has 1 unspecified atom stereocenters. The number of rotatable bonds is 6. The third kappa shape index (κ3) is 4.83. The number of furan rings is 1. The van der Waals surface area contributed by atoms with Crippen molar-refractivity contribution >= 4 is 16.9 Å². The Bertz CT molecular complexity index is 981. The highest BCUT2D eigenvalue weighted by molar-refractivity contribution is 5.96. The quantitative estimate of drug-likeness (QED) is 0.666. The molecule has 0 saturated heterocycles. The van der Waals surface area contributed by atoms with Crippen LogP contribution in [0.3, 0.4) is 0 Å². The molecular formula is C20H18F3NO4. The first-order valence-electron chi connectivity index (χ1n) is 8.49. The minimum absolute atomic E-state index is 0.0205. The van der Waals surface area contributed by atoms with Crippen molar-refractivity contribution in [1.29, 1.82) is 0 Å². The lowest BCUT2D eigenvalue weighted by Crippen LogP contribution is -2.35. The molecule has 0 aliphatic rings. The molecule has 0 aliphatic carbocycles. The van der Waals surface area contributed by atoms with Gasteiger partial charge in [0.2, 0.25) is 0 Å². The van der Waals surface area contributed by atoms with Crippen LogP contribution in [0.25, 0.3) is 11.0 Å². The van der Waals surface area contributed by atoms with Gasteiger partial charge in [-0.05, 0) is 43.3 Å². The Hall–Kier alpha value is -3.00. The van der Waals surface area contributed by atoms with Crippen molar-refractivity contribution in [1.82, 2.24) is 5.32 Å². The summed E-state index contributed by atoms with van der Waals surface area (Å²) in [6.07, 6.45) is -5.58. The number of fused-ring (bicyclic) bond motifs is 1. The largest absolute Gasteiger partial charge is 0.491 e. The molecule has 3 aromatic rings. The van der Waals surface area contributed by atoms with Crippen molar-refractivity contribution in [3.8, 4) is 5.75 Å². The van der Waals surface area contributed by atoms with Gasteiger partial charge in [0.1, 0.15) is 24.0 Å². The summed E-state index contributed by atoms with van der Waals surface area (Å²) in [7, 11) is 0. The minimum atomic E-state index is -4.48. The number of aliphatic hydroxyl groups is 1. The standard InChI is InChI=1S/C20H18F3NO4/c1-12-5-6-17-13(7-12)8-18(28-17)19(26)24-10-15(25)11-27-16-4-2-3-14(9-16)20(21,22)23/h2-9,15,25H,10-11H2,1H3,(H,24,26). The van der Waals surface area contributed by atoms with Gasteiger partial charge >= 0.3 is 6.18 Å². The van der Waals surface area contributed by atoms with Crippen LogP contribution in [0.15, 0.2) is 52.9 Å². The van der Waals surface area contributed by atoms with E-state index in [1.54, 1.807) is 12.1 Å². The highest BCUT2D eigenvalue weighted by Crippen LogP contribution is 2.31. The summed E-state index contributed by atoms with van der Waals surface area (Å²) in [5, 5.41) is 13.2. The summed E-state index contributed by atoms with van der Waals surface area (Å²) < 4.78 is 48.7. The molecule has 1 atom stereocenters. The summed E-state index contributed by atoms with van der Waals surface area (Å²) in [6, 6.07) is 11.5. The number of ether oxygens (including phenoxy) is 1. The van der Waals surface area contributed by atoms with Crippen molar-refractivity contribution in [2.45, 2.75) is 19.2 Å². The molecule has 0 saturated carbocycles. The van der Waals surface area contributed by atoms with E-state index < -0.39 is 23.8 Å². The number of carbonyl (C=O) groups is 1. The van der Waals surface area contributed by atoms with Gasteiger partial charge in [-0.2, -0.15) is 13.2 Å². The molecule has 28 heavy (non-hydrogen) atoms. The Morgan fingerprint density at radius 2 is 2.00 bits per heavy atom. The first-order chi connectivity index (χ1) is 13.2. The summed E-state index contributed by atoms with van der Waals surface area (Å²) >= 11 is 0. The number of aryl methyl sites for hydroxylation is 1. The second-order valence-electron chi connectivity index (χ2n) is 6.35. The van der Waals surface area contributed by atoms with Crippen LogP contribution in [0.5, 0.6) is 5.75 Å². The van der Waals surface area contributed by atoms with Crippen molar-refractivity contribution in [3.63, 3.8) is 0 Å². The SMILES string of the molecule is Cc1ccc2oc(C(=O)NCC(O)COc3cccc(C(F)(F)F)c3)cc2c1. The average molecular weight is 393 g/mol. The van der Waals surface area contributed by atoms with E-state index in [0.29, 0.717) is 5.58 Å². The van der Waals surface area contributed by atoms with Gasteiger partial charge in [0.15, 0.2) is 5.76 Å². The Morgan fingerprint density at radius 3 is 2.75 bits per heavy atom. The van der Waals surface area contributed by atoms with Crippen molar-refractivity contribution in [3.05, 3.63) is 65.4 Å². The maximum Gasteiger partial charge on any atom is 0.416 e. The smallest absolute Gasteiger partial charge is 0.416 e. The van der Waals surface area contributed by atoms with Crippen molar-refractivity contribution in [2.75, 3.05) is 13.2 Å². The molecule has 0 spiro atoms. The average Bonchev–Trinajstić information content (AvgIpc) is 3.07. The van der Waals surface area contributed by atoms with Crippen molar-refractivity contribution < 1.29 is 32.2 Å². The molecule has 0 aliphatic heterocycles. The zero-order valence-electron chi connectivity index (χ0n) is 14.9. The molecule has 2 aromatic carbocycles. The fourth-order valence-corrected chi connectivity index (χ4v) is 2.59. The van der Waals surface area contributed by atoms with E-state index in [1.807, 2.05) is 19.1 Å². The van der Waals surface area contributed by atoms with E-state index in [-0.39, 0.29) is 24.7 Å². The van der Waals surface area contributed by atoms with Crippen LogP contribution in [0.4, 0.5) is 13.2 Å². The molecule has 8 heteroatoms. The first kappa shape index (κ1) is 19.8. The number of carbonyl (C=O) groups excluding carboxylic acids is 1. The summed E-state index contributed by atoms with van der Waals surface area (Å²) in [6.45, 7) is 1.50. The maximum atomic E-state index is 12.7. The summed E-state index contributed by atoms with van der Waals surface area (Å²) in [5.41, 5.74) is 0.763. The van der Waals surface area contributed by atoms with E-state index in [4.69, 9.17) is 9.15 Å². The fraction of sp³-hybridized carbons (Fsp3) is 0.250. The molecule has 1 aromatic heterocycles. The van der Waals surface area contributed by atoms with Crippen LogP contribution in [-0.2, 0) is 6.18 Å². The predicted octanol–water partition coefficient (Wildman–Crippen LogP) is 3.93. The van der Waals surface area contributed by atoms with Gasteiger partial charge in [-0.15, -0.1) is 0 Å².